The summed E-state index contributed by atoms with van der Waals surface area (Å²) < 4.78 is 4.73. The molecule has 0 saturated heterocycles. The third-order valence-corrected chi connectivity index (χ3v) is 2.35. The van der Waals surface area contributed by atoms with Gasteiger partial charge in [-0.3, -0.25) is 9.80 Å². The highest BCUT2D eigenvalue weighted by Crippen LogP contribution is 2.00. The molecule has 0 atom stereocenters. The number of ether oxygens (including phenoxy) is 1. The molecule has 0 aliphatic rings. The summed E-state index contributed by atoms with van der Waals surface area (Å²) in [4.78, 5) is 22.6. The molecular weight excluding hydrogens is 232 g/mol. The topological polar surface area (TPSA) is 58.6 Å². The van der Waals surface area contributed by atoms with Crippen LogP contribution in [0.15, 0.2) is 30.3 Å². The maximum absolute atomic E-state index is 11.4. The van der Waals surface area contributed by atoms with Gasteiger partial charge in [0.2, 0.25) is 5.91 Å². The van der Waals surface area contributed by atoms with Gasteiger partial charge in [0.15, 0.2) is 0 Å². The molecule has 18 heavy (non-hydrogen) atoms. The minimum atomic E-state index is -0.610. The van der Waals surface area contributed by atoms with Crippen molar-refractivity contribution in [1.82, 2.24) is 10.4 Å². The van der Waals surface area contributed by atoms with Crippen molar-refractivity contribution in [2.45, 2.75) is 20.3 Å². The molecule has 0 bridgehead atoms. The van der Waals surface area contributed by atoms with Crippen LogP contribution in [-0.4, -0.2) is 30.2 Å². The van der Waals surface area contributed by atoms with Crippen LogP contribution in [0.5, 0.6) is 0 Å². The number of nitrogens with zero attached hydrogens (tertiary/aromatic N) is 1. The van der Waals surface area contributed by atoms with Crippen LogP contribution in [0.4, 0.5) is 4.79 Å². The largest absolute Gasteiger partial charge is 0.449 e. The summed E-state index contributed by atoms with van der Waals surface area (Å²) in [5.41, 5.74) is 3.52. The Kier molecular flexibility index (Phi) is 5.70. The van der Waals surface area contributed by atoms with Crippen molar-refractivity contribution in [2.24, 2.45) is 0 Å². The molecule has 0 aliphatic carbocycles. The number of nitrogens with one attached hydrogen (secondary N) is 1. The molecule has 0 aromatic heterocycles. The standard InChI is InChI=1S/C13H18N2O3/c1-3-18-13(17)14-15(11(2)16)10-9-12-7-5-4-6-8-12/h4-8H,3,9-10H2,1-2H3,(H,14,17). The summed E-state index contributed by atoms with van der Waals surface area (Å²) in [6.07, 6.45) is 0.0630. The highest BCUT2D eigenvalue weighted by atomic mass is 16.6. The quantitative estimate of drug-likeness (QED) is 0.828. The highest BCUT2D eigenvalue weighted by Gasteiger charge is 2.12. The van der Waals surface area contributed by atoms with E-state index >= 15 is 0 Å². The summed E-state index contributed by atoms with van der Waals surface area (Å²) in [5.74, 6) is -0.223. The normalized spacial score (nSPS) is 9.67. The summed E-state index contributed by atoms with van der Waals surface area (Å²) >= 11 is 0. The summed E-state index contributed by atoms with van der Waals surface area (Å²) in [6, 6.07) is 9.76. The maximum atomic E-state index is 11.4. The minimum Gasteiger partial charge on any atom is -0.449 e. The average molecular weight is 250 g/mol. The van der Waals surface area contributed by atoms with Crippen LogP contribution in [0.1, 0.15) is 19.4 Å². The van der Waals surface area contributed by atoms with Crippen LogP contribution in [0.2, 0.25) is 0 Å². The van der Waals surface area contributed by atoms with Crippen molar-refractivity contribution in [2.75, 3.05) is 13.2 Å². The van der Waals surface area contributed by atoms with Gasteiger partial charge in [-0.15, -0.1) is 0 Å². The number of hydrazine groups is 1. The summed E-state index contributed by atoms with van der Waals surface area (Å²) in [5, 5.41) is 1.25. The van der Waals surface area contributed by atoms with Gasteiger partial charge in [-0.2, -0.15) is 0 Å². The number of hydrogen-bond donors (Lipinski definition) is 1. The van der Waals surface area contributed by atoms with E-state index < -0.39 is 6.09 Å². The van der Waals surface area contributed by atoms with Crippen molar-refractivity contribution >= 4 is 12.0 Å². The third-order valence-electron chi connectivity index (χ3n) is 2.35. The number of hydrogen-bond acceptors (Lipinski definition) is 3. The monoisotopic (exact) mass is 250 g/mol. The molecule has 0 unspecified atom stereocenters. The predicted octanol–water partition coefficient (Wildman–Crippen LogP) is 1.74. The van der Waals surface area contributed by atoms with Crippen molar-refractivity contribution in [3.05, 3.63) is 35.9 Å². The molecule has 5 nitrogen and oxygen atoms in total. The molecule has 5 heteroatoms. The summed E-state index contributed by atoms with van der Waals surface area (Å²) in [6.45, 7) is 3.80. The van der Waals surface area contributed by atoms with Gasteiger partial charge in [-0.1, -0.05) is 30.3 Å². The number of amides is 2. The summed E-state index contributed by atoms with van der Waals surface area (Å²) in [7, 11) is 0. The van der Waals surface area contributed by atoms with Gasteiger partial charge in [0, 0.05) is 13.5 Å². The van der Waals surface area contributed by atoms with Crippen LogP contribution < -0.4 is 5.43 Å². The van der Waals surface area contributed by atoms with Gasteiger partial charge in [-0.25, -0.2) is 10.2 Å². The zero-order chi connectivity index (χ0) is 13.4. The first-order chi connectivity index (χ1) is 8.63. The lowest BCUT2D eigenvalue weighted by atomic mass is 10.1. The Balaban J connectivity index is 2.48. The first kappa shape index (κ1) is 14.0. The molecule has 2 amide bonds. The number of rotatable bonds is 4. The molecule has 0 spiro atoms. The van der Waals surface area contributed by atoms with E-state index in [-0.39, 0.29) is 12.5 Å². The van der Waals surface area contributed by atoms with E-state index in [9.17, 15) is 9.59 Å². The maximum Gasteiger partial charge on any atom is 0.426 e. The molecule has 98 valence electrons. The van der Waals surface area contributed by atoms with Gasteiger partial charge >= 0.3 is 6.09 Å². The van der Waals surface area contributed by atoms with E-state index in [0.29, 0.717) is 13.0 Å². The van der Waals surface area contributed by atoms with Crippen LogP contribution in [0, 0.1) is 0 Å². The number of carbonyl (C=O) groups is 2. The van der Waals surface area contributed by atoms with Gasteiger partial charge in [0.25, 0.3) is 0 Å². The Morgan fingerprint density at radius 2 is 1.94 bits per heavy atom. The van der Waals surface area contributed by atoms with Crippen molar-refractivity contribution < 1.29 is 14.3 Å². The third kappa shape index (κ3) is 4.86. The van der Waals surface area contributed by atoms with Crippen molar-refractivity contribution in [3.63, 3.8) is 0 Å². The highest BCUT2D eigenvalue weighted by molar-refractivity contribution is 5.77. The van der Waals surface area contributed by atoms with E-state index in [1.807, 2.05) is 30.3 Å². The fourth-order valence-corrected chi connectivity index (χ4v) is 1.45. The molecule has 1 rings (SSSR count). The lowest BCUT2D eigenvalue weighted by molar-refractivity contribution is -0.131. The predicted molar refractivity (Wildman–Crippen MR) is 67.7 cm³/mol. The molecule has 1 N–H and O–H groups in total. The molecule has 0 saturated carbocycles. The molecule has 0 heterocycles. The minimum absolute atomic E-state index is 0.223. The van der Waals surface area contributed by atoms with Crippen molar-refractivity contribution in [1.29, 1.82) is 0 Å². The van der Waals surface area contributed by atoms with Crippen LogP contribution in [0.25, 0.3) is 0 Å². The van der Waals surface area contributed by atoms with Gasteiger partial charge in [0.1, 0.15) is 0 Å². The lowest BCUT2D eigenvalue weighted by Gasteiger charge is -2.21. The van der Waals surface area contributed by atoms with Crippen LogP contribution in [-0.2, 0) is 16.0 Å². The Labute approximate surface area is 107 Å². The van der Waals surface area contributed by atoms with Crippen LogP contribution >= 0.6 is 0 Å². The smallest absolute Gasteiger partial charge is 0.426 e. The number of carbonyl (C=O) groups excluding carboxylic acids is 2. The van der Waals surface area contributed by atoms with Gasteiger partial charge in [0.05, 0.1) is 6.61 Å². The van der Waals surface area contributed by atoms with E-state index in [4.69, 9.17) is 4.74 Å². The fourth-order valence-electron chi connectivity index (χ4n) is 1.45. The molecule has 0 aliphatic heterocycles. The van der Waals surface area contributed by atoms with Gasteiger partial charge < -0.3 is 4.74 Å². The fraction of sp³-hybridized carbons (Fsp3) is 0.385. The molecule has 0 fully saturated rings. The SMILES string of the molecule is CCOC(=O)NN(CCc1ccccc1)C(C)=O. The second-order valence-electron chi connectivity index (χ2n) is 3.74. The lowest BCUT2D eigenvalue weighted by Crippen LogP contribution is -2.46. The van der Waals surface area contributed by atoms with Crippen molar-refractivity contribution in [3.8, 4) is 0 Å². The van der Waals surface area contributed by atoms with E-state index in [0.717, 1.165) is 5.56 Å². The molecular formula is C13H18N2O3. The number of benzene rings is 1. The van der Waals surface area contributed by atoms with E-state index in [1.54, 1.807) is 6.92 Å². The first-order valence-corrected chi connectivity index (χ1v) is 5.89. The average Bonchev–Trinajstić information content (AvgIpc) is 2.35. The molecule has 0 radical (unpaired) electrons. The Hall–Kier alpha value is -2.04. The Morgan fingerprint density at radius 1 is 1.28 bits per heavy atom. The molecule has 1 aromatic rings. The molecule has 1 aromatic carbocycles. The van der Waals surface area contributed by atoms with E-state index in [2.05, 4.69) is 5.43 Å². The Bertz CT molecular complexity index is 392. The zero-order valence-electron chi connectivity index (χ0n) is 10.7. The first-order valence-electron chi connectivity index (χ1n) is 5.89. The van der Waals surface area contributed by atoms with Crippen LogP contribution in [0.3, 0.4) is 0 Å². The zero-order valence-corrected chi connectivity index (χ0v) is 10.7. The van der Waals surface area contributed by atoms with Gasteiger partial charge in [-0.05, 0) is 18.9 Å². The Morgan fingerprint density at radius 3 is 2.50 bits per heavy atom. The second kappa shape index (κ2) is 7.32. The van der Waals surface area contributed by atoms with E-state index in [1.165, 1.54) is 11.9 Å². The second-order valence-corrected chi connectivity index (χ2v) is 3.74.